The highest BCUT2D eigenvalue weighted by Crippen LogP contribution is 2.18. The van der Waals surface area contributed by atoms with Crippen molar-refractivity contribution in [2.45, 2.75) is 57.8 Å². The van der Waals surface area contributed by atoms with Gasteiger partial charge in [0.05, 0.1) is 12.2 Å². The fourth-order valence-corrected chi connectivity index (χ4v) is 1.99. The Balaban J connectivity index is 2.26. The van der Waals surface area contributed by atoms with Crippen LogP contribution in [0.15, 0.2) is 0 Å². The SMILES string of the molecule is CC(=O)NC(C)CC(O)C1CCCCO1. The fraction of sp³-hybridized carbons (Fsp3) is 0.909. The summed E-state index contributed by atoms with van der Waals surface area (Å²) in [6, 6.07) is 0.00280. The maximum Gasteiger partial charge on any atom is 0.217 e. The van der Waals surface area contributed by atoms with Crippen molar-refractivity contribution in [3.63, 3.8) is 0 Å². The second-order valence-electron chi connectivity index (χ2n) is 4.31. The highest BCUT2D eigenvalue weighted by molar-refractivity contribution is 5.73. The predicted molar refractivity (Wildman–Crippen MR) is 57.5 cm³/mol. The van der Waals surface area contributed by atoms with Gasteiger partial charge >= 0.3 is 0 Å². The van der Waals surface area contributed by atoms with Crippen LogP contribution < -0.4 is 5.32 Å². The molecule has 15 heavy (non-hydrogen) atoms. The molecule has 1 rings (SSSR count). The normalized spacial score (nSPS) is 25.7. The van der Waals surface area contributed by atoms with Crippen LogP contribution in [0.1, 0.15) is 39.5 Å². The van der Waals surface area contributed by atoms with E-state index < -0.39 is 6.10 Å². The maximum absolute atomic E-state index is 10.8. The van der Waals surface area contributed by atoms with E-state index in [0.717, 1.165) is 25.9 Å². The number of amides is 1. The van der Waals surface area contributed by atoms with Crippen molar-refractivity contribution in [3.8, 4) is 0 Å². The van der Waals surface area contributed by atoms with Gasteiger partial charge in [0.1, 0.15) is 0 Å². The van der Waals surface area contributed by atoms with E-state index in [1.54, 1.807) is 0 Å². The van der Waals surface area contributed by atoms with E-state index in [1.165, 1.54) is 6.92 Å². The molecule has 88 valence electrons. The smallest absolute Gasteiger partial charge is 0.217 e. The minimum Gasteiger partial charge on any atom is -0.390 e. The summed E-state index contributed by atoms with van der Waals surface area (Å²) in [6.07, 6.45) is 3.18. The number of aliphatic hydroxyl groups excluding tert-OH is 1. The van der Waals surface area contributed by atoms with Crippen molar-refractivity contribution in [3.05, 3.63) is 0 Å². The molecule has 1 amide bonds. The van der Waals surface area contributed by atoms with Crippen LogP contribution >= 0.6 is 0 Å². The van der Waals surface area contributed by atoms with Crippen molar-refractivity contribution >= 4 is 5.91 Å². The van der Waals surface area contributed by atoms with Gasteiger partial charge in [-0.15, -0.1) is 0 Å². The Morgan fingerprint density at radius 1 is 1.60 bits per heavy atom. The molecule has 1 aliphatic heterocycles. The van der Waals surface area contributed by atoms with Gasteiger partial charge in [0.2, 0.25) is 5.91 Å². The molecule has 0 saturated carbocycles. The molecule has 4 nitrogen and oxygen atoms in total. The molecule has 1 aliphatic rings. The molecule has 0 bridgehead atoms. The standard InChI is InChI=1S/C11H21NO3/c1-8(12-9(2)13)7-10(14)11-5-3-4-6-15-11/h8,10-11,14H,3-7H2,1-2H3,(H,12,13). The molecule has 4 heteroatoms. The van der Waals surface area contributed by atoms with Crippen LogP contribution in [0.4, 0.5) is 0 Å². The Morgan fingerprint density at radius 2 is 2.33 bits per heavy atom. The summed E-state index contributed by atoms with van der Waals surface area (Å²) in [4.78, 5) is 10.8. The summed E-state index contributed by atoms with van der Waals surface area (Å²) in [6.45, 7) is 4.13. The first-order valence-corrected chi connectivity index (χ1v) is 5.66. The number of rotatable bonds is 4. The van der Waals surface area contributed by atoms with Crippen LogP contribution in [0.2, 0.25) is 0 Å². The monoisotopic (exact) mass is 215 g/mol. The molecule has 0 aromatic rings. The van der Waals surface area contributed by atoms with Gasteiger partial charge in [-0.25, -0.2) is 0 Å². The van der Waals surface area contributed by atoms with Crippen molar-refractivity contribution in [2.24, 2.45) is 0 Å². The minimum absolute atomic E-state index is 0.00280. The Labute approximate surface area is 91.0 Å². The van der Waals surface area contributed by atoms with E-state index in [0.29, 0.717) is 6.42 Å². The van der Waals surface area contributed by atoms with Crippen LogP contribution in [0, 0.1) is 0 Å². The largest absolute Gasteiger partial charge is 0.390 e. The van der Waals surface area contributed by atoms with E-state index >= 15 is 0 Å². The summed E-state index contributed by atoms with van der Waals surface area (Å²) >= 11 is 0. The molecular formula is C11H21NO3. The molecule has 0 aromatic carbocycles. The number of nitrogens with one attached hydrogen (secondary N) is 1. The molecule has 3 unspecified atom stereocenters. The molecule has 1 fully saturated rings. The molecule has 0 aromatic heterocycles. The third kappa shape index (κ3) is 4.62. The molecule has 1 saturated heterocycles. The number of ether oxygens (including phenoxy) is 1. The Morgan fingerprint density at radius 3 is 2.87 bits per heavy atom. The summed E-state index contributed by atoms with van der Waals surface area (Å²) in [5, 5.41) is 12.6. The lowest BCUT2D eigenvalue weighted by atomic mass is 9.99. The van der Waals surface area contributed by atoms with Gasteiger partial charge in [0.25, 0.3) is 0 Å². The molecule has 1 heterocycles. The molecule has 3 atom stereocenters. The lowest BCUT2D eigenvalue weighted by Crippen LogP contribution is -2.39. The van der Waals surface area contributed by atoms with Crippen molar-refractivity contribution in [1.29, 1.82) is 0 Å². The van der Waals surface area contributed by atoms with Crippen LogP contribution in [0.5, 0.6) is 0 Å². The topological polar surface area (TPSA) is 58.6 Å². The predicted octanol–water partition coefficient (Wildman–Crippen LogP) is 0.831. The van der Waals surface area contributed by atoms with Crippen LogP contribution in [-0.2, 0) is 9.53 Å². The molecule has 2 N–H and O–H groups in total. The molecule has 0 radical (unpaired) electrons. The maximum atomic E-state index is 10.8. The number of carbonyl (C=O) groups is 1. The molecule has 0 spiro atoms. The average Bonchev–Trinajstić information content (AvgIpc) is 2.17. The van der Waals surface area contributed by atoms with Crippen LogP contribution in [-0.4, -0.2) is 35.9 Å². The number of aliphatic hydroxyl groups is 1. The van der Waals surface area contributed by atoms with E-state index in [4.69, 9.17) is 4.74 Å². The van der Waals surface area contributed by atoms with Gasteiger partial charge in [-0.2, -0.15) is 0 Å². The van der Waals surface area contributed by atoms with Gasteiger partial charge < -0.3 is 15.2 Å². The first kappa shape index (κ1) is 12.5. The van der Waals surface area contributed by atoms with E-state index in [-0.39, 0.29) is 18.1 Å². The number of carbonyl (C=O) groups excluding carboxylic acids is 1. The molecule has 0 aliphatic carbocycles. The van der Waals surface area contributed by atoms with Gasteiger partial charge in [-0.05, 0) is 32.6 Å². The third-order valence-corrected chi connectivity index (χ3v) is 2.69. The zero-order valence-corrected chi connectivity index (χ0v) is 9.53. The quantitative estimate of drug-likeness (QED) is 0.730. The summed E-state index contributed by atoms with van der Waals surface area (Å²) < 4.78 is 5.48. The Hall–Kier alpha value is -0.610. The first-order valence-electron chi connectivity index (χ1n) is 5.66. The average molecular weight is 215 g/mol. The van der Waals surface area contributed by atoms with E-state index in [9.17, 15) is 9.90 Å². The second-order valence-corrected chi connectivity index (χ2v) is 4.31. The lowest BCUT2D eigenvalue weighted by molar-refractivity contribution is -0.120. The molecular weight excluding hydrogens is 194 g/mol. The zero-order chi connectivity index (χ0) is 11.3. The van der Waals surface area contributed by atoms with Crippen molar-refractivity contribution < 1.29 is 14.6 Å². The fourth-order valence-electron chi connectivity index (χ4n) is 1.99. The van der Waals surface area contributed by atoms with E-state index in [2.05, 4.69) is 5.32 Å². The highest BCUT2D eigenvalue weighted by atomic mass is 16.5. The van der Waals surface area contributed by atoms with Crippen molar-refractivity contribution in [1.82, 2.24) is 5.32 Å². The number of hydrogen-bond donors (Lipinski definition) is 2. The van der Waals surface area contributed by atoms with Crippen LogP contribution in [0.25, 0.3) is 0 Å². The van der Waals surface area contributed by atoms with Crippen LogP contribution in [0.3, 0.4) is 0 Å². The first-order chi connectivity index (χ1) is 7.09. The van der Waals surface area contributed by atoms with Gasteiger partial charge in [0.15, 0.2) is 0 Å². The van der Waals surface area contributed by atoms with Gasteiger partial charge in [-0.3, -0.25) is 4.79 Å². The lowest BCUT2D eigenvalue weighted by Gasteiger charge is -2.28. The highest BCUT2D eigenvalue weighted by Gasteiger charge is 2.24. The van der Waals surface area contributed by atoms with E-state index in [1.807, 2.05) is 6.92 Å². The Bertz CT molecular complexity index is 202. The second kappa shape index (κ2) is 6.08. The van der Waals surface area contributed by atoms with Gasteiger partial charge in [0, 0.05) is 19.6 Å². The Kier molecular flexibility index (Phi) is 5.05. The summed E-state index contributed by atoms with van der Waals surface area (Å²) in [5.74, 6) is -0.0562. The number of hydrogen-bond acceptors (Lipinski definition) is 3. The van der Waals surface area contributed by atoms with Crippen molar-refractivity contribution in [2.75, 3.05) is 6.61 Å². The minimum atomic E-state index is -0.466. The summed E-state index contributed by atoms with van der Waals surface area (Å²) in [5.41, 5.74) is 0. The third-order valence-electron chi connectivity index (χ3n) is 2.69. The van der Waals surface area contributed by atoms with Gasteiger partial charge in [-0.1, -0.05) is 0 Å². The summed E-state index contributed by atoms with van der Waals surface area (Å²) in [7, 11) is 0. The zero-order valence-electron chi connectivity index (χ0n) is 9.53.